The van der Waals surface area contributed by atoms with Crippen molar-refractivity contribution in [3.8, 4) is 5.75 Å². The van der Waals surface area contributed by atoms with Crippen molar-refractivity contribution in [1.29, 1.82) is 0 Å². The molecule has 6 nitrogen and oxygen atoms in total. The highest BCUT2D eigenvalue weighted by Crippen LogP contribution is 2.21. The minimum atomic E-state index is -0.612. The number of nitrogens with zero attached hydrogens (tertiary/aromatic N) is 2. The summed E-state index contributed by atoms with van der Waals surface area (Å²) in [6, 6.07) is 5.48. The van der Waals surface area contributed by atoms with E-state index in [4.69, 9.17) is 4.74 Å². The number of amides is 2. The maximum atomic E-state index is 11.6. The summed E-state index contributed by atoms with van der Waals surface area (Å²) in [5, 5.41) is 2.27. The zero-order valence-electron chi connectivity index (χ0n) is 10.4. The van der Waals surface area contributed by atoms with Crippen LogP contribution in [0.3, 0.4) is 0 Å². The van der Waals surface area contributed by atoms with Gasteiger partial charge in [-0.3, -0.25) is 14.9 Å². The van der Waals surface area contributed by atoms with Crippen molar-refractivity contribution in [2.45, 2.75) is 18.9 Å². The third kappa shape index (κ3) is 2.16. The highest BCUT2D eigenvalue weighted by molar-refractivity contribution is 5.99. The maximum Gasteiger partial charge on any atom is 0.267 e. The van der Waals surface area contributed by atoms with Crippen LogP contribution in [0, 0.1) is 0 Å². The number of carbonyl (C=O) groups excluding carboxylic acids is 2. The SMILES string of the molecule is Cn1cnc2cc(OC3CCC(=O)NC3=O)ccc21. The number of benzene rings is 1. The molecule has 2 heterocycles. The molecule has 3 rings (SSSR count). The van der Waals surface area contributed by atoms with Gasteiger partial charge >= 0.3 is 0 Å². The van der Waals surface area contributed by atoms with Crippen LogP contribution in [-0.2, 0) is 16.6 Å². The van der Waals surface area contributed by atoms with E-state index in [9.17, 15) is 9.59 Å². The number of carbonyl (C=O) groups is 2. The maximum absolute atomic E-state index is 11.6. The molecule has 1 N–H and O–H groups in total. The van der Waals surface area contributed by atoms with Crippen LogP contribution >= 0.6 is 0 Å². The molecule has 0 radical (unpaired) electrons. The molecule has 2 amide bonds. The lowest BCUT2D eigenvalue weighted by molar-refractivity contribution is -0.138. The average molecular weight is 259 g/mol. The molecule has 1 aromatic carbocycles. The third-order valence-electron chi connectivity index (χ3n) is 3.16. The Morgan fingerprint density at radius 3 is 3.05 bits per heavy atom. The molecule has 98 valence electrons. The second-order valence-corrected chi connectivity index (χ2v) is 4.56. The molecule has 1 atom stereocenters. The zero-order valence-corrected chi connectivity index (χ0v) is 10.4. The lowest BCUT2D eigenvalue weighted by atomic mass is 10.1. The van der Waals surface area contributed by atoms with E-state index in [0.29, 0.717) is 18.6 Å². The van der Waals surface area contributed by atoms with Gasteiger partial charge in [0, 0.05) is 26.0 Å². The highest BCUT2D eigenvalue weighted by atomic mass is 16.5. The zero-order chi connectivity index (χ0) is 13.4. The van der Waals surface area contributed by atoms with E-state index in [2.05, 4.69) is 10.3 Å². The van der Waals surface area contributed by atoms with E-state index in [-0.39, 0.29) is 11.8 Å². The van der Waals surface area contributed by atoms with Crippen LogP contribution < -0.4 is 10.1 Å². The van der Waals surface area contributed by atoms with Crippen molar-refractivity contribution in [2.75, 3.05) is 0 Å². The molecule has 1 saturated heterocycles. The lowest BCUT2D eigenvalue weighted by Crippen LogP contribution is -2.46. The quantitative estimate of drug-likeness (QED) is 0.808. The average Bonchev–Trinajstić information content (AvgIpc) is 2.74. The van der Waals surface area contributed by atoms with Gasteiger partial charge in [0.05, 0.1) is 17.4 Å². The Hall–Kier alpha value is -2.37. The monoisotopic (exact) mass is 259 g/mol. The standard InChI is InChI=1S/C13H13N3O3/c1-16-7-14-9-6-8(2-3-10(9)16)19-11-4-5-12(17)15-13(11)18/h2-3,6-7,11H,4-5H2,1H3,(H,15,17,18). The van der Waals surface area contributed by atoms with Crippen molar-refractivity contribution in [3.63, 3.8) is 0 Å². The van der Waals surface area contributed by atoms with Gasteiger partial charge in [-0.2, -0.15) is 0 Å². The summed E-state index contributed by atoms with van der Waals surface area (Å²) in [6.07, 6.45) is 1.83. The number of ether oxygens (including phenoxy) is 1. The fourth-order valence-electron chi connectivity index (χ4n) is 2.14. The topological polar surface area (TPSA) is 73.2 Å². The molecule has 1 fully saturated rings. The largest absolute Gasteiger partial charge is 0.480 e. The Labute approximate surface area is 109 Å². The van der Waals surface area contributed by atoms with Gasteiger partial charge in [-0.1, -0.05) is 0 Å². The predicted molar refractivity (Wildman–Crippen MR) is 67.5 cm³/mol. The third-order valence-corrected chi connectivity index (χ3v) is 3.16. The number of fused-ring (bicyclic) bond motifs is 1. The van der Waals surface area contributed by atoms with Crippen LogP contribution in [0.2, 0.25) is 0 Å². The van der Waals surface area contributed by atoms with Crippen LogP contribution in [0.15, 0.2) is 24.5 Å². The van der Waals surface area contributed by atoms with Crippen LogP contribution in [0.25, 0.3) is 11.0 Å². The number of imide groups is 1. The number of hydrogen-bond acceptors (Lipinski definition) is 4. The van der Waals surface area contributed by atoms with Gasteiger partial charge in [-0.25, -0.2) is 4.98 Å². The van der Waals surface area contributed by atoms with Crippen molar-refractivity contribution in [3.05, 3.63) is 24.5 Å². The first-order valence-electron chi connectivity index (χ1n) is 6.05. The summed E-state index contributed by atoms with van der Waals surface area (Å²) in [5.74, 6) is -0.0388. The van der Waals surface area contributed by atoms with Crippen LogP contribution in [0.1, 0.15) is 12.8 Å². The molecule has 2 aromatic rings. The number of nitrogens with one attached hydrogen (secondary N) is 1. The fourth-order valence-corrected chi connectivity index (χ4v) is 2.14. The summed E-state index contributed by atoms with van der Waals surface area (Å²) in [5.41, 5.74) is 1.81. The Morgan fingerprint density at radius 2 is 2.26 bits per heavy atom. The van der Waals surface area contributed by atoms with Gasteiger partial charge in [0.25, 0.3) is 5.91 Å². The van der Waals surface area contributed by atoms with Gasteiger partial charge in [-0.15, -0.1) is 0 Å². The van der Waals surface area contributed by atoms with Crippen molar-refractivity contribution in [2.24, 2.45) is 7.05 Å². The first kappa shape index (κ1) is 11.7. The minimum Gasteiger partial charge on any atom is -0.480 e. The van der Waals surface area contributed by atoms with E-state index in [1.807, 2.05) is 17.7 Å². The van der Waals surface area contributed by atoms with E-state index >= 15 is 0 Å². The number of piperidine rings is 1. The Bertz CT molecular complexity index is 662. The van der Waals surface area contributed by atoms with Crippen molar-refractivity contribution in [1.82, 2.24) is 14.9 Å². The molecule has 6 heteroatoms. The number of aryl methyl sites for hydroxylation is 1. The molecule has 0 saturated carbocycles. The van der Waals surface area contributed by atoms with Crippen molar-refractivity contribution >= 4 is 22.8 Å². The minimum absolute atomic E-state index is 0.245. The van der Waals surface area contributed by atoms with Crippen LogP contribution in [-0.4, -0.2) is 27.5 Å². The number of imidazole rings is 1. The summed E-state index contributed by atoms with van der Waals surface area (Å²) >= 11 is 0. The highest BCUT2D eigenvalue weighted by Gasteiger charge is 2.28. The van der Waals surface area contributed by atoms with E-state index < -0.39 is 6.10 Å². The Kier molecular flexibility index (Phi) is 2.70. The Balaban J connectivity index is 1.81. The molecule has 1 aromatic heterocycles. The number of rotatable bonds is 2. The van der Waals surface area contributed by atoms with Crippen LogP contribution in [0.4, 0.5) is 0 Å². The van der Waals surface area contributed by atoms with Gasteiger partial charge in [0.15, 0.2) is 6.10 Å². The van der Waals surface area contributed by atoms with E-state index in [1.165, 1.54) is 0 Å². The first-order valence-corrected chi connectivity index (χ1v) is 6.05. The molecular weight excluding hydrogens is 246 g/mol. The molecule has 0 aliphatic carbocycles. The fraction of sp³-hybridized carbons (Fsp3) is 0.308. The van der Waals surface area contributed by atoms with Gasteiger partial charge < -0.3 is 9.30 Å². The summed E-state index contributed by atoms with van der Waals surface area (Å²) in [6.45, 7) is 0. The molecule has 1 unspecified atom stereocenters. The van der Waals surface area contributed by atoms with E-state index in [0.717, 1.165) is 11.0 Å². The first-order chi connectivity index (χ1) is 9.13. The van der Waals surface area contributed by atoms with Gasteiger partial charge in [-0.05, 0) is 12.1 Å². The molecule has 0 spiro atoms. The van der Waals surface area contributed by atoms with Gasteiger partial charge in [0.1, 0.15) is 5.75 Å². The van der Waals surface area contributed by atoms with Crippen LogP contribution in [0.5, 0.6) is 5.75 Å². The second-order valence-electron chi connectivity index (χ2n) is 4.56. The Morgan fingerprint density at radius 1 is 1.42 bits per heavy atom. The number of hydrogen-bond donors (Lipinski definition) is 1. The summed E-state index contributed by atoms with van der Waals surface area (Å²) < 4.78 is 7.53. The summed E-state index contributed by atoms with van der Waals surface area (Å²) in [7, 11) is 1.91. The smallest absolute Gasteiger partial charge is 0.267 e. The molecular formula is C13H13N3O3. The normalized spacial score (nSPS) is 19.5. The van der Waals surface area contributed by atoms with E-state index in [1.54, 1.807) is 18.5 Å². The second kappa shape index (κ2) is 4.38. The summed E-state index contributed by atoms with van der Waals surface area (Å²) in [4.78, 5) is 26.9. The molecule has 1 aliphatic rings. The van der Waals surface area contributed by atoms with Gasteiger partial charge in [0.2, 0.25) is 5.91 Å². The predicted octanol–water partition coefficient (Wildman–Crippen LogP) is 0.757. The molecule has 1 aliphatic heterocycles. The molecule has 19 heavy (non-hydrogen) atoms. The number of aromatic nitrogens is 2. The lowest BCUT2D eigenvalue weighted by Gasteiger charge is -2.21. The van der Waals surface area contributed by atoms with Crippen molar-refractivity contribution < 1.29 is 14.3 Å². The molecule has 0 bridgehead atoms.